The highest BCUT2D eigenvalue weighted by Crippen LogP contribution is 2.29. The summed E-state index contributed by atoms with van der Waals surface area (Å²) in [6.45, 7) is 13.6. The fourth-order valence-corrected chi connectivity index (χ4v) is 5.35. The van der Waals surface area contributed by atoms with E-state index in [4.69, 9.17) is 4.98 Å². The van der Waals surface area contributed by atoms with E-state index in [-0.39, 0.29) is 22.7 Å². The molecule has 1 aromatic heterocycles. The molecule has 43 heavy (non-hydrogen) atoms. The number of aryl methyl sites for hydroxylation is 1. The molecule has 3 aromatic carbocycles. The molecule has 1 saturated heterocycles. The van der Waals surface area contributed by atoms with Gasteiger partial charge in [0.2, 0.25) is 0 Å². The van der Waals surface area contributed by atoms with Crippen molar-refractivity contribution >= 4 is 23.1 Å². The lowest BCUT2D eigenvalue weighted by Crippen LogP contribution is -2.44. The van der Waals surface area contributed by atoms with E-state index in [9.17, 15) is 9.59 Å². The van der Waals surface area contributed by atoms with Gasteiger partial charge in [0.1, 0.15) is 0 Å². The maximum absolute atomic E-state index is 13.1. The van der Waals surface area contributed by atoms with E-state index in [2.05, 4.69) is 53.8 Å². The van der Waals surface area contributed by atoms with Gasteiger partial charge in [-0.15, -0.1) is 0 Å². The molecule has 0 saturated carbocycles. The lowest BCUT2D eigenvalue weighted by atomic mass is 9.86. The van der Waals surface area contributed by atoms with Gasteiger partial charge in [0.25, 0.3) is 11.5 Å². The minimum Gasteiger partial charge on any atom is -0.336 e. The van der Waals surface area contributed by atoms with Gasteiger partial charge in [-0.3, -0.25) is 9.59 Å². The van der Waals surface area contributed by atoms with Crippen LogP contribution < -0.4 is 21.5 Å². The van der Waals surface area contributed by atoms with E-state index < -0.39 is 0 Å². The highest BCUT2D eigenvalue weighted by atomic mass is 16.1. The maximum Gasteiger partial charge on any atom is 0.293 e. The molecule has 4 aromatic rings. The van der Waals surface area contributed by atoms with Crippen LogP contribution in [0.1, 0.15) is 47.8 Å². The van der Waals surface area contributed by atoms with Crippen molar-refractivity contribution in [3.8, 4) is 11.3 Å². The SMILES string of the molecule is Cc1c(NC(=O)c2ccc(C(C)(C)C)cc2)cccc1-c1cn(C)c(=O)c(Nc2cccc(CCN3CCNCC3)c2)n1. The molecule has 1 fully saturated rings. The zero-order valence-electron chi connectivity index (χ0n) is 25.8. The molecule has 0 atom stereocenters. The molecule has 0 unspecified atom stereocenters. The van der Waals surface area contributed by atoms with Gasteiger partial charge in [0.15, 0.2) is 5.82 Å². The number of carbonyl (C=O) groups is 1. The summed E-state index contributed by atoms with van der Waals surface area (Å²) in [5, 5.41) is 9.72. The zero-order chi connectivity index (χ0) is 30.6. The molecule has 8 nitrogen and oxygen atoms in total. The Balaban J connectivity index is 1.34. The van der Waals surface area contributed by atoms with Gasteiger partial charge in [-0.2, -0.15) is 0 Å². The zero-order valence-corrected chi connectivity index (χ0v) is 25.8. The molecule has 8 heteroatoms. The number of piperazine rings is 1. The number of nitrogens with zero attached hydrogens (tertiary/aromatic N) is 3. The summed E-state index contributed by atoms with van der Waals surface area (Å²) >= 11 is 0. The van der Waals surface area contributed by atoms with E-state index >= 15 is 0 Å². The Kier molecular flexibility index (Phi) is 9.08. The molecular formula is C35H42N6O2. The number of anilines is 3. The Morgan fingerprint density at radius 2 is 1.72 bits per heavy atom. The maximum atomic E-state index is 13.1. The summed E-state index contributed by atoms with van der Waals surface area (Å²) in [6.07, 6.45) is 2.68. The van der Waals surface area contributed by atoms with Crippen molar-refractivity contribution in [1.82, 2.24) is 19.8 Å². The third-order valence-corrected chi connectivity index (χ3v) is 8.06. The number of nitrogens with one attached hydrogen (secondary N) is 3. The average Bonchev–Trinajstić information content (AvgIpc) is 3.00. The quantitative estimate of drug-likeness (QED) is 0.256. The molecule has 5 rings (SSSR count). The van der Waals surface area contributed by atoms with Gasteiger partial charge in [-0.25, -0.2) is 4.98 Å². The van der Waals surface area contributed by atoms with Crippen molar-refractivity contribution in [3.63, 3.8) is 0 Å². The van der Waals surface area contributed by atoms with Gasteiger partial charge >= 0.3 is 0 Å². The highest BCUT2D eigenvalue weighted by molar-refractivity contribution is 6.05. The van der Waals surface area contributed by atoms with Crippen LogP contribution in [0.15, 0.2) is 77.7 Å². The fourth-order valence-electron chi connectivity index (χ4n) is 5.35. The third-order valence-electron chi connectivity index (χ3n) is 8.06. The van der Waals surface area contributed by atoms with Crippen LogP contribution in [0, 0.1) is 6.92 Å². The second kappa shape index (κ2) is 12.9. The average molecular weight is 579 g/mol. The number of rotatable bonds is 8. The summed E-state index contributed by atoms with van der Waals surface area (Å²) in [7, 11) is 1.73. The van der Waals surface area contributed by atoms with Crippen LogP contribution in [0.2, 0.25) is 0 Å². The molecule has 1 amide bonds. The smallest absolute Gasteiger partial charge is 0.293 e. The minimum atomic E-state index is -0.212. The van der Waals surface area contributed by atoms with Crippen LogP contribution in [0.3, 0.4) is 0 Å². The van der Waals surface area contributed by atoms with E-state index in [0.29, 0.717) is 16.9 Å². The normalized spacial score (nSPS) is 14.0. The molecule has 0 aliphatic carbocycles. The van der Waals surface area contributed by atoms with Crippen molar-refractivity contribution in [3.05, 3.63) is 106 Å². The summed E-state index contributed by atoms with van der Waals surface area (Å²) in [4.78, 5) is 33.4. The van der Waals surface area contributed by atoms with Crippen LogP contribution in [-0.4, -0.2) is 53.1 Å². The van der Waals surface area contributed by atoms with E-state index in [1.54, 1.807) is 17.8 Å². The first kappa shape index (κ1) is 30.2. The predicted octanol–water partition coefficient (Wildman–Crippen LogP) is 5.50. The van der Waals surface area contributed by atoms with E-state index in [0.717, 1.165) is 56.0 Å². The molecule has 1 aliphatic heterocycles. The molecule has 0 bridgehead atoms. The van der Waals surface area contributed by atoms with E-state index in [1.807, 2.05) is 61.5 Å². The molecule has 0 radical (unpaired) electrons. The van der Waals surface area contributed by atoms with Crippen molar-refractivity contribution in [1.29, 1.82) is 0 Å². The van der Waals surface area contributed by atoms with Gasteiger partial charge in [0.05, 0.1) is 5.69 Å². The van der Waals surface area contributed by atoms with Gasteiger partial charge in [0, 0.05) is 68.5 Å². The summed E-state index contributed by atoms with van der Waals surface area (Å²) in [5.74, 6) is 0.0837. The van der Waals surface area contributed by atoms with Gasteiger partial charge < -0.3 is 25.4 Å². The number of carbonyl (C=O) groups excluding carboxylic acids is 1. The Morgan fingerprint density at radius 3 is 2.44 bits per heavy atom. The topological polar surface area (TPSA) is 91.3 Å². The highest BCUT2D eigenvalue weighted by Gasteiger charge is 2.17. The van der Waals surface area contributed by atoms with E-state index in [1.165, 1.54) is 11.1 Å². The largest absolute Gasteiger partial charge is 0.336 e. The Bertz CT molecular complexity index is 1650. The van der Waals surface area contributed by atoms with Gasteiger partial charge in [-0.05, 0) is 65.8 Å². The van der Waals surface area contributed by atoms with Crippen LogP contribution in [0.4, 0.5) is 17.2 Å². The van der Waals surface area contributed by atoms with Crippen molar-refractivity contribution in [2.75, 3.05) is 43.4 Å². The van der Waals surface area contributed by atoms with Crippen LogP contribution in [-0.2, 0) is 18.9 Å². The number of benzene rings is 3. The van der Waals surface area contributed by atoms with Crippen molar-refractivity contribution in [2.24, 2.45) is 7.05 Å². The van der Waals surface area contributed by atoms with Crippen molar-refractivity contribution < 1.29 is 4.79 Å². The number of hydrogen-bond donors (Lipinski definition) is 3. The Morgan fingerprint density at radius 1 is 1.00 bits per heavy atom. The van der Waals surface area contributed by atoms with Gasteiger partial charge in [-0.1, -0.05) is 57.2 Å². The summed E-state index contributed by atoms with van der Waals surface area (Å²) in [5.41, 5.74) is 6.67. The molecule has 224 valence electrons. The second-order valence-electron chi connectivity index (χ2n) is 12.3. The number of amides is 1. The first-order chi connectivity index (χ1) is 20.6. The summed E-state index contributed by atoms with van der Waals surface area (Å²) in [6, 6.07) is 21.6. The minimum absolute atomic E-state index is 0.0180. The first-order valence-electron chi connectivity index (χ1n) is 15.0. The first-order valence-corrected chi connectivity index (χ1v) is 15.0. The van der Waals surface area contributed by atoms with Crippen LogP contribution >= 0.6 is 0 Å². The molecular weight excluding hydrogens is 536 g/mol. The molecule has 1 aliphatic rings. The Labute approximate surface area is 254 Å². The lowest BCUT2D eigenvalue weighted by molar-refractivity contribution is 0.102. The van der Waals surface area contributed by atoms with Crippen LogP contribution in [0.25, 0.3) is 11.3 Å². The molecule has 2 heterocycles. The second-order valence-corrected chi connectivity index (χ2v) is 12.3. The lowest BCUT2D eigenvalue weighted by Gasteiger charge is -2.27. The molecule has 0 spiro atoms. The number of aromatic nitrogens is 2. The van der Waals surface area contributed by atoms with Crippen molar-refractivity contribution in [2.45, 2.75) is 39.5 Å². The fraction of sp³-hybridized carbons (Fsp3) is 0.343. The number of hydrogen-bond acceptors (Lipinski definition) is 6. The van der Waals surface area contributed by atoms with Crippen LogP contribution in [0.5, 0.6) is 0 Å². The predicted molar refractivity (Wildman–Crippen MR) is 175 cm³/mol. The molecule has 3 N–H and O–H groups in total. The third kappa shape index (κ3) is 7.39. The Hall–Kier alpha value is -4.27. The standard InChI is InChI=1S/C35H42N6O2/c1-24-29(10-7-11-30(24)39-33(42)26-12-14-27(15-13-26)35(2,3)4)31-23-40(5)34(43)32(38-31)37-28-9-6-8-25(22-28)16-19-41-20-17-36-18-21-41/h6-15,22-23,36H,16-21H2,1-5H3,(H,37,38)(H,39,42). The monoisotopic (exact) mass is 578 g/mol. The summed E-state index contributed by atoms with van der Waals surface area (Å²) < 4.78 is 1.54.